The molecule has 0 aliphatic carbocycles. The van der Waals surface area contributed by atoms with Gasteiger partial charge in [-0.05, 0) is 49.9 Å². The number of rotatable bonds is 4. The minimum Gasteiger partial charge on any atom is -0.369 e. The lowest BCUT2D eigenvalue weighted by atomic mass is 9.98. The summed E-state index contributed by atoms with van der Waals surface area (Å²) in [6.45, 7) is 6.45. The second-order valence-electron chi connectivity index (χ2n) is 8.31. The van der Waals surface area contributed by atoms with Crippen molar-refractivity contribution >= 4 is 16.6 Å². The van der Waals surface area contributed by atoms with Crippen LogP contribution >= 0.6 is 0 Å². The number of nitrogens with zero attached hydrogens (tertiary/aromatic N) is 5. The summed E-state index contributed by atoms with van der Waals surface area (Å²) in [5.74, 6) is 0.746. The lowest BCUT2D eigenvalue weighted by molar-refractivity contribution is 0.431. The molecule has 0 atom stereocenters. The van der Waals surface area contributed by atoms with E-state index in [1.54, 1.807) is 36.8 Å². The zero-order valence-corrected chi connectivity index (χ0v) is 18.1. The first-order valence-corrected chi connectivity index (χ1v) is 10.9. The van der Waals surface area contributed by atoms with Gasteiger partial charge in [0.1, 0.15) is 11.4 Å². The number of pyridine rings is 2. The largest absolute Gasteiger partial charge is 0.369 e. The van der Waals surface area contributed by atoms with Crippen LogP contribution in [0, 0.1) is 11.7 Å². The Bertz CT molecular complexity index is 1320. The predicted octanol–water partition coefficient (Wildman–Crippen LogP) is 4.51. The molecule has 1 aliphatic heterocycles. The third-order valence-corrected chi connectivity index (χ3v) is 6.21. The molecule has 4 aromatic rings. The van der Waals surface area contributed by atoms with Crippen LogP contribution in [0.15, 0.2) is 52.2 Å². The predicted molar refractivity (Wildman–Crippen MR) is 121 cm³/mol. The van der Waals surface area contributed by atoms with Crippen molar-refractivity contribution in [1.29, 1.82) is 0 Å². The molecule has 8 heteroatoms. The number of piperidine rings is 1. The molecule has 4 heterocycles. The van der Waals surface area contributed by atoms with Gasteiger partial charge in [0.05, 0.1) is 11.2 Å². The Morgan fingerprint density at radius 3 is 2.66 bits per heavy atom. The van der Waals surface area contributed by atoms with Gasteiger partial charge in [-0.3, -0.25) is 9.78 Å². The molecule has 0 bridgehead atoms. The number of benzene rings is 1. The van der Waals surface area contributed by atoms with Gasteiger partial charge in [0, 0.05) is 49.2 Å². The summed E-state index contributed by atoms with van der Waals surface area (Å²) in [7, 11) is 0. The van der Waals surface area contributed by atoms with Crippen LogP contribution in [0.5, 0.6) is 0 Å². The third-order valence-electron chi connectivity index (χ3n) is 6.21. The van der Waals surface area contributed by atoms with E-state index >= 15 is 4.39 Å². The van der Waals surface area contributed by atoms with Gasteiger partial charge in [0.2, 0.25) is 11.3 Å². The van der Waals surface area contributed by atoms with Crippen LogP contribution in [-0.4, -0.2) is 32.8 Å². The van der Waals surface area contributed by atoms with E-state index in [9.17, 15) is 4.79 Å². The first kappa shape index (κ1) is 20.4. The summed E-state index contributed by atoms with van der Waals surface area (Å²) in [4.78, 5) is 23.7. The van der Waals surface area contributed by atoms with Crippen LogP contribution in [0.25, 0.3) is 33.7 Å². The topological polar surface area (TPSA) is 77.0 Å². The average molecular weight is 433 g/mol. The first-order chi connectivity index (χ1) is 15.5. The lowest BCUT2D eigenvalue weighted by Gasteiger charge is -2.32. The minimum atomic E-state index is -0.382. The van der Waals surface area contributed by atoms with Crippen LogP contribution in [0.1, 0.15) is 26.7 Å². The molecule has 0 unspecified atom stereocenters. The maximum absolute atomic E-state index is 15.1. The molecule has 0 spiro atoms. The second-order valence-corrected chi connectivity index (χ2v) is 8.31. The maximum Gasteiger partial charge on any atom is 0.263 e. The fraction of sp³-hybridized carbons (Fsp3) is 0.333. The van der Waals surface area contributed by atoms with Crippen LogP contribution in [0.2, 0.25) is 0 Å². The van der Waals surface area contributed by atoms with Gasteiger partial charge in [-0.1, -0.05) is 12.1 Å². The molecule has 5 rings (SSSR count). The molecule has 32 heavy (non-hydrogen) atoms. The van der Waals surface area contributed by atoms with Crippen molar-refractivity contribution in [2.75, 3.05) is 18.0 Å². The van der Waals surface area contributed by atoms with Crippen molar-refractivity contribution in [3.8, 4) is 22.8 Å². The Kier molecular flexibility index (Phi) is 5.20. The van der Waals surface area contributed by atoms with Crippen molar-refractivity contribution in [2.24, 2.45) is 5.92 Å². The number of aryl methyl sites for hydroxylation is 1. The number of hydrogen-bond donors (Lipinski definition) is 0. The van der Waals surface area contributed by atoms with E-state index in [1.807, 2.05) is 11.5 Å². The van der Waals surface area contributed by atoms with Crippen LogP contribution < -0.4 is 10.3 Å². The van der Waals surface area contributed by atoms with E-state index in [0.717, 1.165) is 31.5 Å². The molecule has 0 radical (unpaired) electrons. The molecule has 7 nitrogen and oxygen atoms in total. The lowest BCUT2D eigenvalue weighted by Crippen LogP contribution is -2.33. The van der Waals surface area contributed by atoms with Gasteiger partial charge in [-0.25, -0.2) is 4.39 Å². The summed E-state index contributed by atoms with van der Waals surface area (Å²) >= 11 is 0. The van der Waals surface area contributed by atoms with E-state index in [4.69, 9.17) is 4.52 Å². The summed E-state index contributed by atoms with van der Waals surface area (Å²) in [6, 6.07) is 6.67. The summed E-state index contributed by atoms with van der Waals surface area (Å²) in [5, 5.41) is 4.30. The fourth-order valence-electron chi connectivity index (χ4n) is 4.26. The Hall–Kier alpha value is -3.55. The maximum atomic E-state index is 15.1. The second kappa shape index (κ2) is 8.18. The number of halogens is 1. The molecular weight excluding hydrogens is 409 g/mol. The Labute approximate surface area is 184 Å². The van der Waals surface area contributed by atoms with Gasteiger partial charge in [-0.15, -0.1) is 0 Å². The number of anilines is 1. The van der Waals surface area contributed by atoms with Crippen molar-refractivity contribution in [3.63, 3.8) is 0 Å². The Morgan fingerprint density at radius 2 is 1.94 bits per heavy atom. The highest BCUT2D eigenvalue weighted by atomic mass is 19.1. The quantitative estimate of drug-likeness (QED) is 0.471. The molecule has 0 N–H and O–H groups in total. The normalized spacial score (nSPS) is 14.9. The van der Waals surface area contributed by atoms with Gasteiger partial charge in [0.15, 0.2) is 0 Å². The standard InChI is InChI=1S/C24H24FN5O2/c1-3-29-14-18(24-27-23(28-32-24)16-4-8-26-9-5-16)22(31)17-12-19(25)21(13-20(17)29)30-10-6-15(2)7-11-30/h4-5,8-9,12-15H,3,6-7,10-11H2,1-2H3. The van der Waals surface area contributed by atoms with Gasteiger partial charge >= 0.3 is 0 Å². The van der Waals surface area contributed by atoms with E-state index in [2.05, 4.69) is 26.9 Å². The van der Waals surface area contributed by atoms with Gasteiger partial charge in [0.25, 0.3) is 5.89 Å². The first-order valence-electron chi connectivity index (χ1n) is 10.9. The molecule has 0 amide bonds. The van der Waals surface area contributed by atoms with Crippen molar-refractivity contribution in [2.45, 2.75) is 33.2 Å². The molecule has 3 aromatic heterocycles. The van der Waals surface area contributed by atoms with Gasteiger partial charge < -0.3 is 14.0 Å². The highest BCUT2D eigenvalue weighted by Crippen LogP contribution is 2.30. The summed E-state index contributed by atoms with van der Waals surface area (Å²) < 4.78 is 22.5. The molecule has 1 aliphatic rings. The van der Waals surface area contributed by atoms with Crippen molar-refractivity contribution < 1.29 is 8.91 Å². The monoisotopic (exact) mass is 433 g/mol. The average Bonchev–Trinajstić information content (AvgIpc) is 3.31. The SMILES string of the molecule is CCn1cc(-c2nc(-c3ccncc3)no2)c(=O)c2cc(F)c(N3CCC(C)CC3)cc21. The molecular formula is C24H24FN5O2. The number of fused-ring (bicyclic) bond motifs is 1. The molecule has 164 valence electrons. The number of hydrogen-bond acceptors (Lipinski definition) is 6. The zero-order chi connectivity index (χ0) is 22.2. The highest BCUT2D eigenvalue weighted by Gasteiger charge is 2.22. The third kappa shape index (κ3) is 3.55. The van der Waals surface area contributed by atoms with Crippen LogP contribution in [-0.2, 0) is 6.54 Å². The molecule has 1 fully saturated rings. The van der Waals surface area contributed by atoms with E-state index in [1.165, 1.54) is 6.07 Å². The van der Waals surface area contributed by atoms with Crippen molar-refractivity contribution in [3.05, 3.63) is 58.9 Å². The molecule has 1 aromatic carbocycles. The van der Waals surface area contributed by atoms with Crippen LogP contribution in [0.4, 0.5) is 10.1 Å². The van der Waals surface area contributed by atoms with Gasteiger partial charge in [-0.2, -0.15) is 4.98 Å². The van der Waals surface area contributed by atoms with E-state index in [0.29, 0.717) is 34.9 Å². The fourth-order valence-corrected chi connectivity index (χ4v) is 4.26. The molecule has 0 saturated carbocycles. The van der Waals surface area contributed by atoms with Crippen molar-refractivity contribution in [1.82, 2.24) is 19.7 Å². The molecule has 1 saturated heterocycles. The summed E-state index contributed by atoms with van der Waals surface area (Å²) in [5.41, 5.74) is 1.92. The Morgan fingerprint density at radius 1 is 1.19 bits per heavy atom. The smallest absolute Gasteiger partial charge is 0.263 e. The zero-order valence-electron chi connectivity index (χ0n) is 18.1. The van der Waals surface area contributed by atoms with E-state index < -0.39 is 0 Å². The van der Waals surface area contributed by atoms with Crippen LogP contribution in [0.3, 0.4) is 0 Å². The highest BCUT2D eigenvalue weighted by molar-refractivity contribution is 5.86. The summed E-state index contributed by atoms with van der Waals surface area (Å²) in [6.07, 6.45) is 7.06. The van der Waals surface area contributed by atoms with E-state index in [-0.39, 0.29) is 22.7 Å². The minimum absolute atomic E-state index is 0.111. The Balaban J connectivity index is 1.60. The number of aromatic nitrogens is 4.